The van der Waals surface area contributed by atoms with Gasteiger partial charge in [-0.3, -0.25) is 0 Å². The zero-order chi connectivity index (χ0) is 17.4. The molecule has 126 valence electrons. The quantitative estimate of drug-likeness (QED) is 0.658. The van der Waals surface area contributed by atoms with Gasteiger partial charge in [0.2, 0.25) is 0 Å². The van der Waals surface area contributed by atoms with Crippen LogP contribution in [0.1, 0.15) is 0 Å². The minimum Gasteiger partial charge on any atom is -0.244 e. The third-order valence-corrected chi connectivity index (χ3v) is 4.60. The lowest BCUT2D eigenvalue weighted by atomic mass is 10.3. The monoisotopic (exact) mass is 441 g/mol. The van der Waals surface area contributed by atoms with Crippen LogP contribution in [0, 0.1) is 0 Å². The van der Waals surface area contributed by atoms with Crippen LogP contribution >= 0.6 is 70.3 Å². The summed E-state index contributed by atoms with van der Waals surface area (Å²) in [5, 5.41) is 0. The minimum atomic E-state index is -2.96. The molecule has 1 aromatic carbocycles. The molecule has 0 atom stereocenters. The summed E-state index contributed by atoms with van der Waals surface area (Å²) in [6, 6.07) is 7.67. The lowest BCUT2D eigenvalue weighted by Crippen LogP contribution is -2.26. The molecule has 0 bridgehead atoms. The Morgan fingerprint density at radius 2 is 1.22 bits per heavy atom. The van der Waals surface area contributed by atoms with E-state index in [1.165, 1.54) is 12.1 Å². The Balaban J connectivity index is 2.70. The fourth-order valence-corrected chi connectivity index (χ4v) is 3.54. The highest BCUT2D eigenvalue weighted by atomic mass is 35.5. The van der Waals surface area contributed by atoms with Crippen molar-refractivity contribution in [1.82, 2.24) is 12.7 Å². The lowest BCUT2D eigenvalue weighted by Gasteiger charge is -2.13. The standard InChI is InChI=1S/C10H5Cl4F2N3O2S2/c11-9(12,15)22-18-7(20)17(6-4-2-1-3-5-6)8(21)19(18)23-10(13,14)16/h1-5H. The highest BCUT2D eigenvalue weighted by Crippen LogP contribution is 2.39. The van der Waals surface area contributed by atoms with Crippen LogP contribution in [0.4, 0.5) is 8.78 Å². The number of benzene rings is 1. The van der Waals surface area contributed by atoms with Crippen molar-refractivity contribution in [2.45, 2.75) is 7.84 Å². The van der Waals surface area contributed by atoms with Crippen LogP contribution in [-0.2, 0) is 0 Å². The van der Waals surface area contributed by atoms with E-state index in [1.54, 1.807) is 18.2 Å². The highest BCUT2D eigenvalue weighted by molar-refractivity contribution is 8.04. The predicted octanol–water partition coefficient (Wildman–Crippen LogP) is 3.91. The molecule has 0 aliphatic rings. The molecule has 0 aliphatic carbocycles. The third kappa shape index (κ3) is 4.83. The first-order valence-electron chi connectivity index (χ1n) is 5.54. The SMILES string of the molecule is O=c1n(-c2ccccc2)c(=O)n(SC(F)(Cl)Cl)n1SC(F)(Cl)Cl. The molecule has 5 nitrogen and oxygen atoms in total. The maximum absolute atomic E-state index is 13.5. The number of hydrogen-bond donors (Lipinski definition) is 0. The van der Waals surface area contributed by atoms with E-state index in [0.29, 0.717) is 12.7 Å². The summed E-state index contributed by atoms with van der Waals surface area (Å²) in [4.78, 5) is 24.7. The van der Waals surface area contributed by atoms with Crippen molar-refractivity contribution in [3.8, 4) is 5.69 Å². The maximum atomic E-state index is 13.5. The molecule has 0 saturated carbocycles. The summed E-state index contributed by atoms with van der Waals surface area (Å²) in [5.41, 5.74) is -1.89. The van der Waals surface area contributed by atoms with Crippen molar-refractivity contribution >= 4 is 70.3 Å². The van der Waals surface area contributed by atoms with E-state index in [1.807, 2.05) is 0 Å². The highest BCUT2D eigenvalue weighted by Gasteiger charge is 2.34. The van der Waals surface area contributed by atoms with Gasteiger partial charge in [0.15, 0.2) is 0 Å². The van der Waals surface area contributed by atoms with E-state index in [9.17, 15) is 18.4 Å². The predicted molar refractivity (Wildman–Crippen MR) is 91.4 cm³/mol. The second-order valence-corrected chi connectivity index (χ2v) is 9.40. The molecule has 0 amide bonds. The van der Waals surface area contributed by atoms with Gasteiger partial charge in [-0.2, -0.15) is 17.0 Å². The number of para-hydroxylation sites is 1. The molecule has 0 spiro atoms. The lowest BCUT2D eigenvalue weighted by molar-refractivity contribution is 0.508. The van der Waals surface area contributed by atoms with Gasteiger partial charge in [0.25, 0.3) is 0 Å². The fourth-order valence-electron chi connectivity index (χ4n) is 1.55. The summed E-state index contributed by atoms with van der Waals surface area (Å²) in [5.74, 6) is 0. The van der Waals surface area contributed by atoms with Crippen LogP contribution in [0.2, 0.25) is 0 Å². The van der Waals surface area contributed by atoms with Crippen molar-refractivity contribution in [3.63, 3.8) is 0 Å². The number of alkyl halides is 6. The average molecular weight is 443 g/mol. The Labute approximate surface area is 156 Å². The van der Waals surface area contributed by atoms with Crippen molar-refractivity contribution in [3.05, 3.63) is 51.3 Å². The van der Waals surface area contributed by atoms with Crippen molar-refractivity contribution in [2.75, 3.05) is 0 Å². The summed E-state index contributed by atoms with van der Waals surface area (Å²) in [6.07, 6.45) is 0. The second-order valence-electron chi connectivity index (χ2n) is 3.86. The maximum Gasteiger partial charge on any atom is 0.363 e. The van der Waals surface area contributed by atoms with Gasteiger partial charge in [-0.15, -0.1) is 0 Å². The number of rotatable bonds is 5. The topological polar surface area (TPSA) is 48.9 Å². The fraction of sp³-hybridized carbons (Fsp3) is 0.200. The van der Waals surface area contributed by atoms with Crippen LogP contribution in [0.5, 0.6) is 0 Å². The van der Waals surface area contributed by atoms with E-state index in [4.69, 9.17) is 46.4 Å². The largest absolute Gasteiger partial charge is 0.363 e. The molecule has 0 aliphatic heterocycles. The van der Waals surface area contributed by atoms with Gasteiger partial charge < -0.3 is 0 Å². The molecule has 0 unspecified atom stereocenters. The molecule has 0 fully saturated rings. The molecular weight excluding hydrogens is 438 g/mol. The smallest absolute Gasteiger partial charge is 0.244 e. The Hall–Kier alpha value is -0.320. The summed E-state index contributed by atoms with van der Waals surface area (Å²) >= 11 is 20.7. The van der Waals surface area contributed by atoms with E-state index in [2.05, 4.69) is 0 Å². The van der Waals surface area contributed by atoms with E-state index in [0.717, 1.165) is 0 Å². The normalized spacial score (nSPS) is 12.6. The molecule has 0 saturated heterocycles. The molecule has 23 heavy (non-hydrogen) atoms. The number of halogens is 6. The number of aromatic nitrogens is 3. The van der Waals surface area contributed by atoms with Crippen LogP contribution in [0.3, 0.4) is 0 Å². The second kappa shape index (κ2) is 6.89. The summed E-state index contributed by atoms with van der Waals surface area (Å²) in [6.45, 7) is 0. The van der Waals surface area contributed by atoms with E-state index < -0.39 is 19.2 Å². The molecule has 1 aromatic heterocycles. The van der Waals surface area contributed by atoms with Crippen molar-refractivity contribution in [1.29, 1.82) is 0 Å². The first-order chi connectivity index (χ1) is 10.5. The Morgan fingerprint density at radius 1 is 0.826 bits per heavy atom. The molecule has 2 aromatic rings. The Bertz CT molecular complexity index is 763. The van der Waals surface area contributed by atoms with Crippen molar-refractivity contribution in [2.24, 2.45) is 0 Å². The van der Waals surface area contributed by atoms with Crippen LogP contribution < -0.4 is 11.4 Å². The molecule has 0 radical (unpaired) electrons. The first kappa shape index (κ1) is 19.0. The van der Waals surface area contributed by atoms with Gasteiger partial charge in [-0.05, 0) is 12.1 Å². The van der Waals surface area contributed by atoms with Gasteiger partial charge in [0.1, 0.15) is 0 Å². The molecule has 13 heteroatoms. The summed E-state index contributed by atoms with van der Waals surface area (Å²) in [7, 11) is 0. The number of hydrogen-bond acceptors (Lipinski definition) is 4. The average Bonchev–Trinajstić information content (AvgIpc) is 2.61. The van der Waals surface area contributed by atoms with E-state index in [-0.39, 0.29) is 29.6 Å². The third-order valence-electron chi connectivity index (χ3n) is 2.27. The van der Waals surface area contributed by atoms with Crippen molar-refractivity contribution < 1.29 is 8.78 Å². The Kier molecular flexibility index (Phi) is 5.70. The number of nitrogens with zero attached hydrogens (tertiary/aromatic N) is 3. The first-order valence-corrected chi connectivity index (χ1v) is 8.60. The van der Waals surface area contributed by atoms with E-state index >= 15 is 0 Å². The molecule has 2 rings (SSSR count). The molecule has 1 heterocycles. The van der Waals surface area contributed by atoms with Crippen LogP contribution in [0.15, 0.2) is 39.9 Å². The Morgan fingerprint density at radius 3 is 1.57 bits per heavy atom. The zero-order valence-corrected chi connectivity index (χ0v) is 15.3. The van der Waals surface area contributed by atoms with Gasteiger partial charge in [0, 0.05) is 0 Å². The van der Waals surface area contributed by atoms with Crippen LogP contribution in [0.25, 0.3) is 5.69 Å². The van der Waals surface area contributed by atoms with Gasteiger partial charge in [0.05, 0.1) is 29.6 Å². The van der Waals surface area contributed by atoms with Gasteiger partial charge in [-0.1, -0.05) is 64.6 Å². The molecule has 0 N–H and O–H groups in total. The summed E-state index contributed by atoms with van der Waals surface area (Å²) < 4.78 is 22.5. The molecular formula is C10H5Cl4F2N3O2S2. The minimum absolute atomic E-state index is 0.0699. The van der Waals surface area contributed by atoms with Gasteiger partial charge >= 0.3 is 19.2 Å². The van der Waals surface area contributed by atoms with Gasteiger partial charge in [-0.25, -0.2) is 14.2 Å². The van der Waals surface area contributed by atoms with Crippen LogP contribution in [-0.4, -0.2) is 20.6 Å². The zero-order valence-electron chi connectivity index (χ0n) is 10.6.